The minimum absolute atomic E-state index is 0.605. The molecule has 0 aliphatic rings. The molecule has 2 nitrogen and oxygen atoms in total. The Morgan fingerprint density at radius 2 is 1.41 bits per heavy atom. The molecular formula is C9H4F6N2. The molecule has 8 heteroatoms. The number of hydrogen-bond donors (Lipinski definition) is 1. The van der Waals surface area contributed by atoms with Gasteiger partial charge in [-0.15, -0.1) is 0 Å². The van der Waals surface area contributed by atoms with Crippen LogP contribution in [-0.2, 0) is 12.4 Å². The minimum Gasteiger partial charge on any atom is -0.398 e. The SMILES string of the molecule is N#Cc1ccc(N)c(C(F)(F)F)c1C(F)(F)F. The van der Waals surface area contributed by atoms with Gasteiger partial charge in [0.1, 0.15) is 0 Å². The summed E-state index contributed by atoms with van der Waals surface area (Å²) in [5.41, 5.74) is -1.35. The van der Waals surface area contributed by atoms with Crippen LogP contribution in [0.15, 0.2) is 12.1 Å². The van der Waals surface area contributed by atoms with E-state index in [9.17, 15) is 26.3 Å². The molecule has 2 N–H and O–H groups in total. The van der Waals surface area contributed by atoms with Gasteiger partial charge < -0.3 is 5.73 Å². The van der Waals surface area contributed by atoms with Crippen molar-refractivity contribution in [3.63, 3.8) is 0 Å². The Kier molecular flexibility index (Phi) is 2.97. The number of halogens is 6. The molecule has 1 aromatic rings. The fraction of sp³-hybridized carbons (Fsp3) is 0.222. The molecule has 92 valence electrons. The fourth-order valence-corrected chi connectivity index (χ4v) is 1.31. The molecule has 1 aromatic carbocycles. The van der Waals surface area contributed by atoms with Crippen molar-refractivity contribution in [1.82, 2.24) is 0 Å². The van der Waals surface area contributed by atoms with Crippen molar-refractivity contribution >= 4 is 5.69 Å². The highest BCUT2D eigenvalue weighted by atomic mass is 19.4. The number of nitrogen functional groups attached to an aromatic ring is 1. The van der Waals surface area contributed by atoms with E-state index in [2.05, 4.69) is 0 Å². The van der Waals surface area contributed by atoms with E-state index in [0.717, 1.165) is 6.07 Å². The van der Waals surface area contributed by atoms with Gasteiger partial charge >= 0.3 is 12.4 Å². The Morgan fingerprint density at radius 1 is 0.941 bits per heavy atom. The molecule has 0 unspecified atom stereocenters. The summed E-state index contributed by atoms with van der Waals surface area (Å²) >= 11 is 0. The van der Waals surface area contributed by atoms with Gasteiger partial charge in [-0.05, 0) is 12.1 Å². The van der Waals surface area contributed by atoms with Crippen LogP contribution in [0.3, 0.4) is 0 Å². The molecule has 1 rings (SSSR count). The van der Waals surface area contributed by atoms with Crippen LogP contribution in [0.25, 0.3) is 0 Å². The molecular weight excluding hydrogens is 250 g/mol. The first kappa shape index (κ1) is 13.2. The molecule has 0 bridgehead atoms. The van der Waals surface area contributed by atoms with Crippen molar-refractivity contribution in [3.05, 3.63) is 28.8 Å². The predicted octanol–water partition coefficient (Wildman–Crippen LogP) is 3.18. The third kappa shape index (κ3) is 2.43. The number of nitrogens with zero attached hydrogens (tertiary/aromatic N) is 1. The van der Waals surface area contributed by atoms with Crippen molar-refractivity contribution in [1.29, 1.82) is 5.26 Å². The van der Waals surface area contributed by atoms with E-state index in [-0.39, 0.29) is 0 Å². The maximum atomic E-state index is 12.5. The van der Waals surface area contributed by atoms with Crippen LogP contribution < -0.4 is 5.73 Å². The Morgan fingerprint density at radius 3 is 1.76 bits per heavy atom. The lowest BCUT2D eigenvalue weighted by Gasteiger charge is -2.18. The molecule has 0 amide bonds. The van der Waals surface area contributed by atoms with Gasteiger partial charge in [-0.1, -0.05) is 0 Å². The molecule has 0 spiro atoms. The van der Waals surface area contributed by atoms with Gasteiger partial charge in [0.2, 0.25) is 0 Å². The first-order chi connectivity index (χ1) is 7.59. The van der Waals surface area contributed by atoms with E-state index in [1.54, 1.807) is 0 Å². The van der Waals surface area contributed by atoms with Crippen LogP contribution in [0.1, 0.15) is 16.7 Å². The van der Waals surface area contributed by atoms with Crippen LogP contribution >= 0.6 is 0 Å². The van der Waals surface area contributed by atoms with E-state index in [0.29, 0.717) is 12.1 Å². The average molecular weight is 254 g/mol. The van der Waals surface area contributed by atoms with Crippen LogP contribution in [0.4, 0.5) is 32.0 Å². The number of hydrogen-bond acceptors (Lipinski definition) is 2. The van der Waals surface area contributed by atoms with Gasteiger partial charge in [0, 0.05) is 5.69 Å². The zero-order valence-electron chi connectivity index (χ0n) is 7.95. The van der Waals surface area contributed by atoms with Crippen molar-refractivity contribution < 1.29 is 26.3 Å². The first-order valence-electron chi connectivity index (χ1n) is 4.06. The summed E-state index contributed by atoms with van der Waals surface area (Å²) in [4.78, 5) is 0. The zero-order valence-corrected chi connectivity index (χ0v) is 7.95. The van der Waals surface area contributed by atoms with Crippen molar-refractivity contribution in [2.45, 2.75) is 12.4 Å². The summed E-state index contributed by atoms with van der Waals surface area (Å²) in [7, 11) is 0. The van der Waals surface area contributed by atoms with Gasteiger partial charge in [-0.3, -0.25) is 0 Å². The Balaban J connectivity index is 3.75. The van der Waals surface area contributed by atoms with Gasteiger partial charge in [-0.2, -0.15) is 31.6 Å². The second-order valence-corrected chi connectivity index (χ2v) is 3.06. The third-order valence-electron chi connectivity index (χ3n) is 1.92. The summed E-state index contributed by atoms with van der Waals surface area (Å²) in [6, 6.07) is 2.29. The highest BCUT2D eigenvalue weighted by Gasteiger charge is 2.46. The van der Waals surface area contributed by atoms with E-state index >= 15 is 0 Å². The molecule has 0 fully saturated rings. The van der Waals surface area contributed by atoms with Crippen molar-refractivity contribution in [3.8, 4) is 6.07 Å². The van der Waals surface area contributed by atoms with Gasteiger partial charge in [0.15, 0.2) is 0 Å². The van der Waals surface area contributed by atoms with Crippen LogP contribution in [0.2, 0.25) is 0 Å². The lowest BCUT2D eigenvalue weighted by Crippen LogP contribution is -2.20. The number of nitriles is 1. The van der Waals surface area contributed by atoms with E-state index in [4.69, 9.17) is 11.0 Å². The van der Waals surface area contributed by atoms with E-state index < -0.39 is 34.7 Å². The Hall–Kier alpha value is -1.91. The smallest absolute Gasteiger partial charge is 0.398 e. The molecule has 0 aliphatic carbocycles. The Labute approximate surface area is 91.3 Å². The number of rotatable bonds is 0. The van der Waals surface area contributed by atoms with Crippen LogP contribution in [0.5, 0.6) is 0 Å². The number of nitrogens with two attached hydrogens (primary N) is 1. The maximum Gasteiger partial charge on any atom is 0.419 e. The minimum atomic E-state index is -5.30. The van der Waals surface area contributed by atoms with Gasteiger partial charge in [-0.25, -0.2) is 0 Å². The maximum absolute atomic E-state index is 12.5. The molecule has 0 aromatic heterocycles. The quantitative estimate of drug-likeness (QED) is 0.571. The largest absolute Gasteiger partial charge is 0.419 e. The third-order valence-corrected chi connectivity index (χ3v) is 1.92. The second-order valence-electron chi connectivity index (χ2n) is 3.06. The number of benzene rings is 1. The van der Waals surface area contributed by atoms with Crippen molar-refractivity contribution in [2.75, 3.05) is 5.73 Å². The molecule has 0 heterocycles. The monoisotopic (exact) mass is 254 g/mol. The molecule has 0 atom stereocenters. The first-order valence-corrected chi connectivity index (χ1v) is 4.06. The summed E-state index contributed by atoms with van der Waals surface area (Å²) in [6.07, 6.45) is -10.6. The van der Waals surface area contributed by atoms with Gasteiger partial charge in [0.25, 0.3) is 0 Å². The summed E-state index contributed by atoms with van der Waals surface area (Å²) < 4.78 is 74.9. The summed E-state index contributed by atoms with van der Waals surface area (Å²) in [5.74, 6) is 0. The predicted molar refractivity (Wildman–Crippen MR) is 45.6 cm³/mol. The zero-order chi connectivity index (χ0) is 13.4. The normalized spacial score (nSPS) is 12.3. The van der Waals surface area contributed by atoms with Crippen LogP contribution in [-0.4, -0.2) is 0 Å². The van der Waals surface area contributed by atoms with Crippen LogP contribution in [0, 0.1) is 11.3 Å². The van der Waals surface area contributed by atoms with E-state index in [1.807, 2.05) is 0 Å². The summed E-state index contributed by atoms with van der Waals surface area (Å²) in [6.45, 7) is 0. The topological polar surface area (TPSA) is 49.8 Å². The van der Waals surface area contributed by atoms with E-state index in [1.165, 1.54) is 0 Å². The number of alkyl halides is 6. The lowest BCUT2D eigenvalue weighted by atomic mass is 9.99. The molecule has 0 saturated heterocycles. The lowest BCUT2D eigenvalue weighted by molar-refractivity contribution is -0.161. The summed E-state index contributed by atoms with van der Waals surface area (Å²) in [5, 5.41) is 8.40. The van der Waals surface area contributed by atoms with Crippen molar-refractivity contribution in [2.24, 2.45) is 0 Å². The molecule has 0 radical (unpaired) electrons. The second kappa shape index (κ2) is 3.84. The fourth-order valence-electron chi connectivity index (χ4n) is 1.31. The van der Waals surface area contributed by atoms with Gasteiger partial charge in [0.05, 0.1) is 22.8 Å². The molecule has 0 aliphatic heterocycles. The highest BCUT2D eigenvalue weighted by molar-refractivity contribution is 5.59. The molecule has 0 saturated carbocycles. The average Bonchev–Trinajstić information content (AvgIpc) is 2.13. The highest BCUT2D eigenvalue weighted by Crippen LogP contribution is 2.44. The standard InChI is InChI=1S/C9H4F6N2/c10-8(11,12)6-4(3-16)1-2-5(17)7(6)9(13,14)15/h1-2H,17H2. The Bertz CT molecular complexity index is 480. The number of anilines is 1. The molecule has 17 heavy (non-hydrogen) atoms.